The molecule has 1 aliphatic rings. The van der Waals surface area contributed by atoms with Gasteiger partial charge in [0.25, 0.3) is 0 Å². The molecule has 0 aliphatic heterocycles. The van der Waals surface area contributed by atoms with Crippen molar-refractivity contribution in [2.45, 2.75) is 18.6 Å². The standard InChI is InChI=1S/C17H14N2O2/c20-15-6-8-19(14-5-7-18-10-13(14)15)17-12-4-2-1-3-11(12)9-16(17)21/h1-8,10,16-17,21H,9H2/t16-,17+/m1/s1. The predicted molar refractivity (Wildman–Crippen MR) is 80.3 cm³/mol. The van der Waals surface area contributed by atoms with Crippen molar-refractivity contribution >= 4 is 10.9 Å². The van der Waals surface area contributed by atoms with E-state index in [-0.39, 0.29) is 11.5 Å². The van der Waals surface area contributed by atoms with Crippen molar-refractivity contribution in [1.29, 1.82) is 0 Å². The molecule has 4 nitrogen and oxygen atoms in total. The second-order valence-electron chi connectivity index (χ2n) is 5.40. The van der Waals surface area contributed by atoms with E-state index in [0.29, 0.717) is 11.8 Å². The molecule has 2 aromatic heterocycles. The predicted octanol–water partition coefficient (Wildman–Crippen LogP) is 1.90. The van der Waals surface area contributed by atoms with Crippen LogP contribution >= 0.6 is 0 Å². The fourth-order valence-electron chi connectivity index (χ4n) is 3.25. The first-order chi connectivity index (χ1) is 10.3. The SMILES string of the molecule is O=c1ccn([C@H]2c3ccccc3C[C@H]2O)c2ccncc12. The Hall–Kier alpha value is -2.46. The number of benzene rings is 1. The molecule has 0 saturated heterocycles. The summed E-state index contributed by atoms with van der Waals surface area (Å²) in [5.41, 5.74) is 3.04. The Labute approximate surface area is 121 Å². The molecule has 0 fully saturated rings. The van der Waals surface area contributed by atoms with E-state index in [1.807, 2.05) is 34.9 Å². The lowest BCUT2D eigenvalue weighted by molar-refractivity contribution is 0.146. The monoisotopic (exact) mass is 278 g/mol. The Balaban J connectivity index is 2.00. The van der Waals surface area contributed by atoms with Crippen LogP contribution in [0.1, 0.15) is 17.2 Å². The van der Waals surface area contributed by atoms with E-state index in [1.165, 1.54) is 6.07 Å². The summed E-state index contributed by atoms with van der Waals surface area (Å²) in [4.78, 5) is 16.0. The highest BCUT2D eigenvalue weighted by molar-refractivity contribution is 5.78. The fourth-order valence-corrected chi connectivity index (χ4v) is 3.25. The second kappa shape index (κ2) is 4.53. The van der Waals surface area contributed by atoms with E-state index in [0.717, 1.165) is 16.6 Å². The molecule has 4 heteroatoms. The van der Waals surface area contributed by atoms with Crippen LogP contribution in [0.25, 0.3) is 10.9 Å². The minimum absolute atomic E-state index is 0.0462. The molecule has 0 amide bonds. The maximum Gasteiger partial charge on any atom is 0.190 e. The van der Waals surface area contributed by atoms with Crippen LogP contribution in [-0.4, -0.2) is 20.8 Å². The van der Waals surface area contributed by atoms with Crippen LogP contribution in [-0.2, 0) is 6.42 Å². The van der Waals surface area contributed by atoms with Crippen LogP contribution in [0.2, 0.25) is 0 Å². The van der Waals surface area contributed by atoms with Crippen molar-refractivity contribution < 1.29 is 5.11 Å². The van der Waals surface area contributed by atoms with Crippen LogP contribution in [0.4, 0.5) is 0 Å². The normalized spacial score (nSPS) is 20.6. The molecule has 0 unspecified atom stereocenters. The molecule has 1 N–H and O–H groups in total. The van der Waals surface area contributed by atoms with E-state index < -0.39 is 6.10 Å². The van der Waals surface area contributed by atoms with Crippen LogP contribution in [0.3, 0.4) is 0 Å². The zero-order chi connectivity index (χ0) is 14.4. The first kappa shape index (κ1) is 12.3. The van der Waals surface area contributed by atoms with Crippen molar-refractivity contribution in [2.24, 2.45) is 0 Å². The van der Waals surface area contributed by atoms with E-state index in [1.54, 1.807) is 18.6 Å². The maximum absolute atomic E-state index is 12.0. The lowest BCUT2D eigenvalue weighted by Crippen LogP contribution is -2.22. The molecule has 4 rings (SSSR count). The highest BCUT2D eigenvalue weighted by atomic mass is 16.3. The summed E-state index contributed by atoms with van der Waals surface area (Å²) >= 11 is 0. The summed E-state index contributed by atoms with van der Waals surface area (Å²) < 4.78 is 1.98. The molecular formula is C17H14N2O2. The second-order valence-corrected chi connectivity index (χ2v) is 5.40. The Morgan fingerprint density at radius 2 is 2.05 bits per heavy atom. The molecule has 21 heavy (non-hydrogen) atoms. The summed E-state index contributed by atoms with van der Waals surface area (Å²) in [6, 6.07) is 11.3. The molecule has 2 atom stereocenters. The van der Waals surface area contributed by atoms with Gasteiger partial charge >= 0.3 is 0 Å². The number of aromatic nitrogens is 2. The van der Waals surface area contributed by atoms with Crippen molar-refractivity contribution in [3.63, 3.8) is 0 Å². The number of rotatable bonds is 1. The fraction of sp³-hybridized carbons (Fsp3) is 0.176. The van der Waals surface area contributed by atoms with Gasteiger partial charge in [-0.05, 0) is 17.2 Å². The Morgan fingerprint density at radius 1 is 1.19 bits per heavy atom. The van der Waals surface area contributed by atoms with E-state index in [4.69, 9.17) is 0 Å². The molecule has 0 saturated carbocycles. The van der Waals surface area contributed by atoms with Gasteiger partial charge in [-0.2, -0.15) is 0 Å². The topological polar surface area (TPSA) is 55.1 Å². The van der Waals surface area contributed by atoms with E-state index in [9.17, 15) is 9.90 Å². The summed E-state index contributed by atoms with van der Waals surface area (Å²) in [5.74, 6) is 0. The summed E-state index contributed by atoms with van der Waals surface area (Å²) in [5, 5.41) is 11.1. The minimum atomic E-state index is -0.485. The van der Waals surface area contributed by atoms with Gasteiger partial charge in [-0.25, -0.2) is 0 Å². The van der Waals surface area contributed by atoms with E-state index in [2.05, 4.69) is 4.98 Å². The molecule has 104 valence electrons. The van der Waals surface area contributed by atoms with Gasteiger partial charge < -0.3 is 9.67 Å². The quantitative estimate of drug-likeness (QED) is 0.739. The average Bonchev–Trinajstić information content (AvgIpc) is 2.84. The summed E-state index contributed by atoms with van der Waals surface area (Å²) in [7, 11) is 0. The van der Waals surface area contributed by atoms with Gasteiger partial charge in [-0.3, -0.25) is 9.78 Å². The molecule has 3 aromatic rings. The molecular weight excluding hydrogens is 264 g/mol. The first-order valence-electron chi connectivity index (χ1n) is 6.96. The Bertz CT molecular complexity index is 885. The first-order valence-corrected chi connectivity index (χ1v) is 6.96. The molecule has 0 bridgehead atoms. The van der Waals surface area contributed by atoms with Crippen molar-refractivity contribution in [1.82, 2.24) is 9.55 Å². The lowest BCUT2D eigenvalue weighted by Gasteiger charge is -2.22. The number of aliphatic hydroxyl groups excluding tert-OH is 1. The van der Waals surface area contributed by atoms with Crippen molar-refractivity contribution in [3.05, 3.63) is 76.3 Å². The summed E-state index contributed by atoms with van der Waals surface area (Å²) in [6.45, 7) is 0. The van der Waals surface area contributed by atoms with Gasteiger partial charge in [0.1, 0.15) is 0 Å². The largest absolute Gasteiger partial charge is 0.390 e. The number of fused-ring (bicyclic) bond motifs is 2. The molecule has 2 heterocycles. The Morgan fingerprint density at radius 3 is 2.95 bits per heavy atom. The van der Waals surface area contributed by atoms with Gasteiger partial charge in [0.15, 0.2) is 5.43 Å². The van der Waals surface area contributed by atoms with Gasteiger partial charge in [0, 0.05) is 31.1 Å². The lowest BCUT2D eigenvalue weighted by atomic mass is 10.1. The van der Waals surface area contributed by atoms with Crippen molar-refractivity contribution in [2.75, 3.05) is 0 Å². The zero-order valence-corrected chi connectivity index (χ0v) is 11.3. The van der Waals surface area contributed by atoms with Gasteiger partial charge in [0.2, 0.25) is 0 Å². The molecule has 1 aliphatic carbocycles. The molecule has 1 aromatic carbocycles. The third-order valence-corrected chi connectivity index (χ3v) is 4.20. The highest BCUT2D eigenvalue weighted by Gasteiger charge is 2.32. The molecule has 0 spiro atoms. The third-order valence-electron chi connectivity index (χ3n) is 4.20. The number of pyridine rings is 2. The van der Waals surface area contributed by atoms with Crippen LogP contribution in [0, 0.1) is 0 Å². The number of hydrogen-bond acceptors (Lipinski definition) is 3. The van der Waals surface area contributed by atoms with Gasteiger partial charge in [-0.15, -0.1) is 0 Å². The van der Waals surface area contributed by atoms with Crippen LogP contribution in [0.15, 0.2) is 59.8 Å². The molecule has 0 radical (unpaired) electrons. The van der Waals surface area contributed by atoms with Crippen LogP contribution < -0.4 is 5.43 Å². The van der Waals surface area contributed by atoms with Crippen molar-refractivity contribution in [3.8, 4) is 0 Å². The smallest absolute Gasteiger partial charge is 0.190 e. The van der Waals surface area contributed by atoms with Gasteiger partial charge in [-0.1, -0.05) is 24.3 Å². The summed E-state index contributed by atoms with van der Waals surface area (Å²) in [6.07, 6.45) is 5.17. The van der Waals surface area contributed by atoms with Gasteiger partial charge in [0.05, 0.1) is 23.0 Å². The Kier molecular flexibility index (Phi) is 2.65. The number of hydrogen-bond donors (Lipinski definition) is 1. The maximum atomic E-state index is 12.0. The van der Waals surface area contributed by atoms with Crippen LogP contribution in [0.5, 0.6) is 0 Å². The average molecular weight is 278 g/mol. The minimum Gasteiger partial charge on any atom is -0.390 e. The van der Waals surface area contributed by atoms with E-state index >= 15 is 0 Å². The number of aliphatic hydroxyl groups is 1. The third kappa shape index (κ3) is 1.80. The zero-order valence-electron chi connectivity index (χ0n) is 11.3. The number of nitrogens with zero attached hydrogens (tertiary/aromatic N) is 2. The highest BCUT2D eigenvalue weighted by Crippen LogP contribution is 2.35.